The molecule has 0 atom stereocenters. The third-order valence-corrected chi connectivity index (χ3v) is 4.58. The summed E-state index contributed by atoms with van der Waals surface area (Å²) in [6, 6.07) is 19.9. The van der Waals surface area contributed by atoms with E-state index in [1.807, 2.05) is 42.5 Å². The molecule has 2 aromatic carbocycles. The van der Waals surface area contributed by atoms with E-state index in [9.17, 15) is 9.59 Å². The van der Waals surface area contributed by atoms with Crippen LogP contribution in [0, 0.1) is 0 Å². The molecule has 2 aromatic heterocycles. The highest BCUT2D eigenvalue weighted by atomic mass is 16.2. The molecule has 0 spiro atoms. The second-order valence-electron chi connectivity index (χ2n) is 6.56. The van der Waals surface area contributed by atoms with Crippen LogP contribution in [0.15, 0.2) is 79.1 Å². The molecule has 29 heavy (non-hydrogen) atoms. The number of rotatable bonds is 5. The van der Waals surface area contributed by atoms with Crippen LogP contribution in [0.3, 0.4) is 0 Å². The van der Waals surface area contributed by atoms with Crippen molar-refractivity contribution in [1.82, 2.24) is 15.3 Å². The molecule has 2 heterocycles. The lowest BCUT2D eigenvalue weighted by molar-refractivity contribution is 0.0952. The molecule has 142 valence electrons. The molecule has 4 aromatic rings. The summed E-state index contributed by atoms with van der Waals surface area (Å²) in [6.45, 7) is 0.277. The number of nitrogens with two attached hydrogens (primary N) is 1. The molecule has 0 aliphatic carbocycles. The number of primary amides is 1. The van der Waals surface area contributed by atoms with Gasteiger partial charge in [0.25, 0.3) is 5.91 Å². The minimum absolute atomic E-state index is 0.224. The molecular formula is C23H18N4O2. The third kappa shape index (κ3) is 3.96. The number of carbonyl (C=O) groups excluding carboxylic acids is 2. The number of hydrogen-bond donors (Lipinski definition) is 2. The molecule has 0 fully saturated rings. The molecular weight excluding hydrogens is 364 g/mol. The molecule has 0 aliphatic rings. The number of pyridine rings is 2. The Labute approximate surface area is 167 Å². The summed E-state index contributed by atoms with van der Waals surface area (Å²) >= 11 is 0. The number of carbonyl (C=O) groups is 2. The van der Waals surface area contributed by atoms with Gasteiger partial charge < -0.3 is 11.1 Å². The van der Waals surface area contributed by atoms with E-state index in [1.54, 1.807) is 36.7 Å². The second kappa shape index (κ2) is 7.90. The summed E-state index contributed by atoms with van der Waals surface area (Å²) in [5.74, 6) is -0.724. The number of nitrogens with one attached hydrogen (secondary N) is 1. The normalized spacial score (nSPS) is 10.6. The number of nitrogens with zero attached hydrogens (tertiary/aromatic N) is 2. The van der Waals surface area contributed by atoms with Crippen LogP contribution >= 0.6 is 0 Å². The summed E-state index contributed by atoms with van der Waals surface area (Å²) < 4.78 is 0. The van der Waals surface area contributed by atoms with Gasteiger partial charge in [-0.1, -0.05) is 30.3 Å². The van der Waals surface area contributed by atoms with Gasteiger partial charge >= 0.3 is 0 Å². The number of fused-ring (bicyclic) bond motifs is 1. The Bertz CT molecular complexity index is 1210. The van der Waals surface area contributed by atoms with Crippen molar-refractivity contribution in [2.24, 2.45) is 5.73 Å². The van der Waals surface area contributed by atoms with Gasteiger partial charge in [0.15, 0.2) is 0 Å². The van der Waals surface area contributed by atoms with Gasteiger partial charge in [-0.2, -0.15) is 0 Å². The summed E-state index contributed by atoms with van der Waals surface area (Å²) in [5.41, 5.74) is 9.30. The van der Waals surface area contributed by atoms with Crippen LogP contribution < -0.4 is 11.1 Å². The largest absolute Gasteiger partial charge is 0.366 e. The quantitative estimate of drug-likeness (QED) is 0.553. The van der Waals surface area contributed by atoms with Crippen molar-refractivity contribution in [2.45, 2.75) is 6.54 Å². The number of para-hydroxylation sites is 1. The third-order valence-electron chi connectivity index (χ3n) is 4.58. The smallest absolute Gasteiger partial charge is 0.252 e. The molecule has 6 nitrogen and oxygen atoms in total. The SMILES string of the molecule is NC(=O)c1cccc(CNC(=O)c2cc(-c3cccnc3)nc3ccccc23)c1. The molecule has 2 amide bonds. The van der Waals surface area contributed by atoms with E-state index in [2.05, 4.69) is 15.3 Å². The zero-order chi connectivity index (χ0) is 20.2. The van der Waals surface area contributed by atoms with Gasteiger partial charge in [-0.3, -0.25) is 14.6 Å². The van der Waals surface area contributed by atoms with Crippen molar-refractivity contribution in [1.29, 1.82) is 0 Å². The Morgan fingerprint density at radius 2 is 1.83 bits per heavy atom. The van der Waals surface area contributed by atoms with Crippen molar-refractivity contribution in [3.8, 4) is 11.3 Å². The lowest BCUT2D eigenvalue weighted by Crippen LogP contribution is -2.23. The second-order valence-corrected chi connectivity index (χ2v) is 6.56. The summed E-state index contributed by atoms with van der Waals surface area (Å²) in [6.07, 6.45) is 3.41. The lowest BCUT2D eigenvalue weighted by atomic mass is 10.0. The van der Waals surface area contributed by atoms with Crippen LogP contribution in [0.5, 0.6) is 0 Å². The van der Waals surface area contributed by atoms with Gasteiger partial charge in [-0.25, -0.2) is 4.98 Å². The van der Waals surface area contributed by atoms with E-state index in [-0.39, 0.29) is 12.5 Å². The molecule has 3 N–H and O–H groups in total. The Balaban J connectivity index is 1.66. The van der Waals surface area contributed by atoms with E-state index in [0.29, 0.717) is 16.8 Å². The molecule has 6 heteroatoms. The van der Waals surface area contributed by atoms with Gasteiger partial charge in [0.05, 0.1) is 16.8 Å². The molecule has 0 unspecified atom stereocenters. The van der Waals surface area contributed by atoms with E-state index in [1.165, 1.54) is 0 Å². The van der Waals surface area contributed by atoms with Gasteiger partial charge in [-0.15, -0.1) is 0 Å². The van der Waals surface area contributed by atoms with Crippen molar-refractivity contribution >= 4 is 22.7 Å². The predicted molar refractivity (Wildman–Crippen MR) is 111 cm³/mol. The minimum Gasteiger partial charge on any atom is -0.366 e. The van der Waals surface area contributed by atoms with Crippen LogP contribution in [0.2, 0.25) is 0 Å². The zero-order valence-corrected chi connectivity index (χ0v) is 15.5. The van der Waals surface area contributed by atoms with Gasteiger partial charge in [0.1, 0.15) is 0 Å². The van der Waals surface area contributed by atoms with E-state index >= 15 is 0 Å². The highest BCUT2D eigenvalue weighted by Crippen LogP contribution is 2.24. The van der Waals surface area contributed by atoms with Crippen molar-refractivity contribution in [2.75, 3.05) is 0 Å². The van der Waals surface area contributed by atoms with Gasteiger partial charge in [-0.05, 0) is 42.0 Å². The molecule has 4 rings (SSSR count). The number of aromatic nitrogens is 2. The Kier molecular flexibility index (Phi) is 4.99. The maximum atomic E-state index is 13.0. The van der Waals surface area contributed by atoms with Crippen LogP contribution in [0.4, 0.5) is 0 Å². The molecule has 0 saturated carbocycles. The fourth-order valence-corrected chi connectivity index (χ4v) is 3.14. The van der Waals surface area contributed by atoms with Gasteiger partial charge in [0.2, 0.25) is 5.91 Å². The van der Waals surface area contributed by atoms with Crippen molar-refractivity contribution in [3.05, 3.63) is 95.8 Å². The Hall–Kier alpha value is -4.06. The maximum absolute atomic E-state index is 13.0. The monoisotopic (exact) mass is 382 g/mol. The van der Waals surface area contributed by atoms with Crippen molar-refractivity contribution in [3.63, 3.8) is 0 Å². The Morgan fingerprint density at radius 1 is 0.966 bits per heavy atom. The number of benzene rings is 2. The highest BCUT2D eigenvalue weighted by Gasteiger charge is 2.14. The first-order valence-corrected chi connectivity index (χ1v) is 9.09. The molecule has 0 bridgehead atoms. The average Bonchev–Trinajstić information content (AvgIpc) is 2.77. The maximum Gasteiger partial charge on any atom is 0.252 e. The summed E-state index contributed by atoms with van der Waals surface area (Å²) in [5, 5.41) is 3.68. The summed E-state index contributed by atoms with van der Waals surface area (Å²) in [7, 11) is 0. The first-order valence-electron chi connectivity index (χ1n) is 9.09. The molecule has 0 saturated heterocycles. The zero-order valence-electron chi connectivity index (χ0n) is 15.5. The van der Waals surface area contributed by atoms with Crippen LogP contribution in [-0.4, -0.2) is 21.8 Å². The van der Waals surface area contributed by atoms with Crippen LogP contribution in [0.25, 0.3) is 22.2 Å². The number of amides is 2. The summed E-state index contributed by atoms with van der Waals surface area (Å²) in [4.78, 5) is 33.1. The average molecular weight is 382 g/mol. The van der Waals surface area contributed by atoms with E-state index < -0.39 is 5.91 Å². The number of hydrogen-bond acceptors (Lipinski definition) is 4. The van der Waals surface area contributed by atoms with E-state index in [4.69, 9.17) is 5.73 Å². The fourth-order valence-electron chi connectivity index (χ4n) is 3.14. The van der Waals surface area contributed by atoms with E-state index in [0.717, 1.165) is 22.0 Å². The van der Waals surface area contributed by atoms with Crippen molar-refractivity contribution < 1.29 is 9.59 Å². The molecule has 0 radical (unpaired) electrons. The standard InChI is InChI=1S/C23H18N4O2/c24-22(28)16-6-3-5-15(11-16)13-26-23(29)19-12-21(17-7-4-10-25-14-17)27-20-9-2-1-8-18(19)20/h1-12,14H,13H2,(H2,24,28)(H,26,29). The first-order chi connectivity index (χ1) is 14.1. The minimum atomic E-state index is -0.501. The van der Waals surface area contributed by atoms with Crippen LogP contribution in [0.1, 0.15) is 26.3 Å². The highest BCUT2D eigenvalue weighted by molar-refractivity contribution is 6.07. The lowest BCUT2D eigenvalue weighted by Gasteiger charge is -2.11. The molecule has 0 aliphatic heterocycles. The Morgan fingerprint density at radius 3 is 2.62 bits per heavy atom. The fraction of sp³-hybridized carbons (Fsp3) is 0.0435. The van der Waals surface area contributed by atoms with Crippen LogP contribution in [-0.2, 0) is 6.54 Å². The topological polar surface area (TPSA) is 98.0 Å². The van der Waals surface area contributed by atoms with Gasteiger partial charge in [0, 0.05) is 35.5 Å². The first kappa shape index (κ1) is 18.3. The predicted octanol–water partition coefficient (Wildman–Crippen LogP) is 3.33.